The molecule has 0 saturated carbocycles. The summed E-state index contributed by atoms with van der Waals surface area (Å²) in [4.78, 5) is 1.66. The molecule has 2 heterocycles. The van der Waals surface area contributed by atoms with E-state index in [4.69, 9.17) is 0 Å². The lowest BCUT2D eigenvalue weighted by atomic mass is 9.13. The van der Waals surface area contributed by atoms with Crippen LogP contribution in [0.25, 0.3) is 0 Å². The SMILES string of the molecule is C[NH+]1[C@@H]2CC#C[C@H]1CC2.c1ccc([B-](c2ccccc2)(c2ccccc2)c2ccccc2)cc1. The highest BCUT2D eigenvalue weighted by atomic mass is 15.2. The van der Waals surface area contributed by atoms with E-state index in [1.54, 1.807) is 4.90 Å². The van der Waals surface area contributed by atoms with Crippen molar-refractivity contribution in [2.24, 2.45) is 0 Å². The maximum absolute atomic E-state index is 3.27. The number of fused-ring (bicyclic) bond motifs is 2. The average Bonchev–Trinajstić information content (AvgIpc) is 3.10. The van der Waals surface area contributed by atoms with Gasteiger partial charge in [0.15, 0.2) is 0 Å². The van der Waals surface area contributed by atoms with Crippen LogP contribution in [0.1, 0.15) is 19.3 Å². The molecule has 0 aliphatic carbocycles. The Morgan fingerprint density at radius 2 is 0.971 bits per heavy atom. The Hall–Kier alpha value is -3.54. The topological polar surface area (TPSA) is 4.44 Å². The molecule has 3 atom stereocenters. The second-order valence-corrected chi connectivity index (χ2v) is 9.60. The fourth-order valence-corrected chi connectivity index (χ4v) is 5.98. The summed E-state index contributed by atoms with van der Waals surface area (Å²) in [6.07, 6.45) is 2.65. The van der Waals surface area contributed by atoms with Crippen LogP contribution in [0.5, 0.6) is 0 Å². The maximum Gasteiger partial charge on any atom is 0.149 e. The predicted octanol–water partition coefficient (Wildman–Crippen LogP) is 2.50. The standard InChI is InChI=1S/C24H20B.C8H11N/c1-5-13-21(14-6-1)25(22-15-7-2-8-16-22,23-17-9-3-10-18-23)24-19-11-4-12-20-24;1-9-7-3-2-4-8(9)6-5-7/h1-20H;7-8H,3,5-6H2,1H3/q-1;/p+1/t;7-,8+/m.1/s1. The highest BCUT2D eigenvalue weighted by Gasteiger charge is 2.34. The molecule has 1 nitrogen and oxygen atoms in total. The lowest BCUT2D eigenvalue weighted by molar-refractivity contribution is -0.909. The fraction of sp³-hybridized carbons (Fsp3) is 0.188. The molecule has 1 fully saturated rings. The van der Waals surface area contributed by atoms with E-state index < -0.39 is 6.15 Å². The van der Waals surface area contributed by atoms with Crippen LogP contribution in [-0.4, -0.2) is 25.3 Å². The van der Waals surface area contributed by atoms with Gasteiger partial charge in [0.05, 0.1) is 19.5 Å². The summed E-state index contributed by atoms with van der Waals surface area (Å²) in [6, 6.07) is 45.1. The summed E-state index contributed by atoms with van der Waals surface area (Å²) >= 11 is 0. The van der Waals surface area contributed by atoms with Crippen molar-refractivity contribution < 1.29 is 4.90 Å². The summed E-state index contributed by atoms with van der Waals surface area (Å²) in [5, 5.41) is 0. The van der Waals surface area contributed by atoms with Crippen molar-refractivity contribution in [1.82, 2.24) is 0 Å². The lowest BCUT2D eigenvalue weighted by Gasteiger charge is -2.44. The van der Waals surface area contributed by atoms with E-state index in [1.165, 1.54) is 34.7 Å². The molecule has 0 spiro atoms. The van der Waals surface area contributed by atoms with Crippen LogP contribution < -0.4 is 26.8 Å². The molecule has 34 heavy (non-hydrogen) atoms. The summed E-state index contributed by atoms with van der Waals surface area (Å²) in [5.74, 6) is 6.48. The van der Waals surface area contributed by atoms with Crippen molar-refractivity contribution in [3.05, 3.63) is 121 Å². The van der Waals surface area contributed by atoms with Gasteiger partial charge in [-0.3, -0.25) is 0 Å². The first-order valence-corrected chi connectivity index (χ1v) is 12.5. The van der Waals surface area contributed by atoms with E-state index in [2.05, 4.69) is 140 Å². The minimum atomic E-state index is -1.22. The zero-order chi connectivity index (χ0) is 23.2. The van der Waals surface area contributed by atoms with Crippen LogP contribution in [0, 0.1) is 11.8 Å². The second-order valence-electron chi connectivity index (χ2n) is 9.60. The third-order valence-electron chi connectivity index (χ3n) is 7.82. The van der Waals surface area contributed by atoms with E-state index in [0.717, 1.165) is 12.5 Å². The quantitative estimate of drug-likeness (QED) is 0.367. The molecule has 1 N–H and O–H groups in total. The van der Waals surface area contributed by atoms with E-state index >= 15 is 0 Å². The number of quaternary nitrogens is 1. The summed E-state index contributed by atoms with van der Waals surface area (Å²) < 4.78 is 0. The van der Waals surface area contributed by atoms with E-state index in [0.29, 0.717) is 6.04 Å². The smallest absolute Gasteiger partial charge is 0.149 e. The van der Waals surface area contributed by atoms with Gasteiger partial charge in [-0.2, -0.15) is 21.9 Å². The van der Waals surface area contributed by atoms with Gasteiger partial charge in [0.25, 0.3) is 0 Å². The third kappa shape index (κ3) is 4.20. The Kier molecular flexibility index (Phi) is 6.66. The fourth-order valence-electron chi connectivity index (χ4n) is 5.98. The molecule has 6 rings (SSSR count). The first-order chi connectivity index (χ1) is 16.8. The number of hydrogen-bond donors (Lipinski definition) is 1. The largest absolute Gasteiger partial charge is 0.322 e. The molecule has 1 unspecified atom stereocenters. The molecule has 2 bridgehead atoms. The first-order valence-electron chi connectivity index (χ1n) is 12.5. The molecule has 1 saturated heterocycles. The number of hydrogen-bond acceptors (Lipinski definition) is 0. The zero-order valence-corrected chi connectivity index (χ0v) is 19.9. The summed E-state index contributed by atoms with van der Waals surface area (Å²) in [6.45, 7) is 0. The number of nitrogens with one attached hydrogen (secondary N) is 1. The van der Waals surface area contributed by atoms with Gasteiger partial charge >= 0.3 is 0 Å². The monoisotopic (exact) mass is 441 g/mol. The van der Waals surface area contributed by atoms with Gasteiger partial charge in [0.2, 0.25) is 0 Å². The van der Waals surface area contributed by atoms with E-state index in [1.807, 2.05) is 0 Å². The molecule has 4 aromatic carbocycles. The molecular formula is C32H32BN. The Balaban J connectivity index is 0.000000222. The first kappa shape index (κ1) is 22.3. The van der Waals surface area contributed by atoms with Crippen molar-refractivity contribution in [3.63, 3.8) is 0 Å². The minimum Gasteiger partial charge on any atom is -0.322 e. The molecule has 2 aliphatic heterocycles. The highest BCUT2D eigenvalue weighted by molar-refractivity contribution is 7.19. The van der Waals surface area contributed by atoms with Crippen LogP contribution >= 0.6 is 0 Å². The van der Waals surface area contributed by atoms with Crippen molar-refractivity contribution in [2.75, 3.05) is 7.05 Å². The van der Waals surface area contributed by atoms with E-state index in [-0.39, 0.29) is 0 Å². The molecular weight excluding hydrogens is 409 g/mol. The average molecular weight is 441 g/mol. The zero-order valence-electron chi connectivity index (χ0n) is 19.9. The van der Waals surface area contributed by atoms with Crippen LogP contribution in [0.2, 0.25) is 0 Å². The number of benzene rings is 4. The van der Waals surface area contributed by atoms with Crippen molar-refractivity contribution in [1.29, 1.82) is 0 Å². The molecule has 168 valence electrons. The number of rotatable bonds is 4. The van der Waals surface area contributed by atoms with Gasteiger partial charge < -0.3 is 4.90 Å². The third-order valence-corrected chi connectivity index (χ3v) is 7.82. The van der Waals surface area contributed by atoms with Gasteiger partial charge in [0, 0.05) is 12.8 Å². The van der Waals surface area contributed by atoms with Gasteiger partial charge in [0.1, 0.15) is 12.2 Å². The molecule has 2 heteroatoms. The Bertz CT molecular complexity index is 1080. The second kappa shape index (κ2) is 10.2. The molecule has 0 aromatic heterocycles. The summed E-state index contributed by atoms with van der Waals surface area (Å²) in [7, 11) is 2.27. The predicted molar refractivity (Wildman–Crippen MR) is 146 cm³/mol. The van der Waals surface area contributed by atoms with Gasteiger partial charge in [-0.25, -0.2) is 0 Å². The van der Waals surface area contributed by atoms with Crippen LogP contribution in [0.3, 0.4) is 0 Å². The molecule has 4 aromatic rings. The highest BCUT2D eigenvalue weighted by Crippen LogP contribution is 2.11. The molecule has 2 aliphatic rings. The Morgan fingerprint density at radius 1 is 0.588 bits per heavy atom. The molecule has 0 radical (unpaired) electrons. The lowest BCUT2D eigenvalue weighted by Crippen LogP contribution is -3.14. The van der Waals surface area contributed by atoms with Gasteiger partial charge in [-0.1, -0.05) is 127 Å². The van der Waals surface area contributed by atoms with Crippen molar-refractivity contribution >= 4 is 28.0 Å². The van der Waals surface area contributed by atoms with Crippen LogP contribution in [-0.2, 0) is 0 Å². The van der Waals surface area contributed by atoms with Gasteiger partial charge in [-0.15, -0.1) is 0 Å². The maximum atomic E-state index is 3.27. The Morgan fingerprint density at radius 3 is 1.29 bits per heavy atom. The minimum absolute atomic E-state index is 0.684. The van der Waals surface area contributed by atoms with Crippen molar-refractivity contribution in [3.8, 4) is 11.8 Å². The summed E-state index contributed by atoms with van der Waals surface area (Å²) in [5.41, 5.74) is 5.36. The van der Waals surface area contributed by atoms with Gasteiger partial charge in [-0.05, 0) is 5.92 Å². The van der Waals surface area contributed by atoms with Crippen LogP contribution in [0.4, 0.5) is 0 Å². The van der Waals surface area contributed by atoms with E-state index in [9.17, 15) is 0 Å². The van der Waals surface area contributed by atoms with Crippen LogP contribution in [0.15, 0.2) is 121 Å². The van der Waals surface area contributed by atoms with Crippen molar-refractivity contribution in [2.45, 2.75) is 31.3 Å². The Labute approximate surface area is 204 Å². The normalized spacial score (nSPS) is 20.4. The molecule has 0 amide bonds.